The number of benzene rings is 1. The monoisotopic (exact) mass is 515 g/mol. The zero-order chi connectivity index (χ0) is 26.5. The van der Waals surface area contributed by atoms with Gasteiger partial charge in [-0.25, -0.2) is 18.9 Å². The number of aromatic nitrogens is 4. The number of imidazole rings is 1. The summed E-state index contributed by atoms with van der Waals surface area (Å²) in [6.45, 7) is 8.38. The van der Waals surface area contributed by atoms with Crippen LogP contribution < -0.4 is 10.1 Å². The second kappa shape index (κ2) is 11.9. The molecular weight excluding hydrogens is 477 g/mol. The maximum absolute atomic E-state index is 14.7. The van der Waals surface area contributed by atoms with E-state index >= 15 is 0 Å². The van der Waals surface area contributed by atoms with E-state index in [9.17, 15) is 9.18 Å². The molecule has 1 unspecified atom stereocenters. The Morgan fingerprint density at radius 3 is 2.84 bits per heavy atom. The summed E-state index contributed by atoms with van der Waals surface area (Å²) in [5.74, 6) is 0.129. The molecule has 37 heavy (non-hydrogen) atoms. The summed E-state index contributed by atoms with van der Waals surface area (Å²) in [6, 6.07) is 2.79. The SMILES string of the molecule is CCN(C(=O)Nc1cn(C2CCCCO2)nc1-c1nc2cc(F)c(OCCCN(C)C)cc2[nH]1)C(C)C. The Bertz CT molecular complexity index is 1200. The number of anilines is 1. The van der Waals surface area contributed by atoms with Gasteiger partial charge in [-0.3, -0.25) is 0 Å². The number of urea groups is 1. The highest BCUT2D eigenvalue weighted by atomic mass is 19.1. The third-order valence-corrected chi connectivity index (χ3v) is 6.42. The Balaban J connectivity index is 1.64. The van der Waals surface area contributed by atoms with Crippen LogP contribution in [0, 0.1) is 5.82 Å². The summed E-state index contributed by atoms with van der Waals surface area (Å²) in [6.07, 6.45) is 5.25. The number of ether oxygens (including phenoxy) is 2. The average molecular weight is 516 g/mol. The van der Waals surface area contributed by atoms with E-state index in [-0.39, 0.29) is 24.1 Å². The first-order valence-electron chi connectivity index (χ1n) is 13.0. The number of H-pyrrole nitrogens is 1. The first kappa shape index (κ1) is 26.9. The van der Waals surface area contributed by atoms with Crippen LogP contribution in [0.3, 0.4) is 0 Å². The first-order valence-corrected chi connectivity index (χ1v) is 13.0. The van der Waals surface area contributed by atoms with Crippen molar-refractivity contribution in [1.29, 1.82) is 0 Å². The molecule has 1 aliphatic heterocycles. The molecule has 1 fully saturated rings. The maximum Gasteiger partial charge on any atom is 0.322 e. The highest BCUT2D eigenvalue weighted by Crippen LogP contribution is 2.32. The number of halogens is 1. The van der Waals surface area contributed by atoms with Crippen molar-refractivity contribution in [3.05, 3.63) is 24.1 Å². The lowest BCUT2D eigenvalue weighted by atomic mass is 10.2. The van der Waals surface area contributed by atoms with Crippen LogP contribution in [-0.4, -0.2) is 82.0 Å². The van der Waals surface area contributed by atoms with Gasteiger partial charge in [0.25, 0.3) is 0 Å². The van der Waals surface area contributed by atoms with E-state index < -0.39 is 5.82 Å². The van der Waals surface area contributed by atoms with Crippen molar-refractivity contribution in [3.63, 3.8) is 0 Å². The molecule has 2 amide bonds. The lowest BCUT2D eigenvalue weighted by molar-refractivity contribution is -0.0393. The zero-order valence-electron chi connectivity index (χ0n) is 22.4. The van der Waals surface area contributed by atoms with Gasteiger partial charge in [0.2, 0.25) is 0 Å². The summed E-state index contributed by atoms with van der Waals surface area (Å²) in [5.41, 5.74) is 2.05. The van der Waals surface area contributed by atoms with Gasteiger partial charge in [-0.2, -0.15) is 5.10 Å². The molecule has 202 valence electrons. The predicted octanol–water partition coefficient (Wildman–Crippen LogP) is 4.86. The van der Waals surface area contributed by atoms with Gasteiger partial charge in [-0.1, -0.05) is 0 Å². The second-order valence-corrected chi connectivity index (χ2v) is 9.89. The normalized spacial score (nSPS) is 16.1. The predicted molar refractivity (Wildman–Crippen MR) is 141 cm³/mol. The zero-order valence-corrected chi connectivity index (χ0v) is 22.4. The van der Waals surface area contributed by atoms with Crippen LogP contribution in [0.4, 0.5) is 14.9 Å². The lowest BCUT2D eigenvalue weighted by Gasteiger charge is -2.25. The molecule has 1 atom stereocenters. The van der Waals surface area contributed by atoms with Gasteiger partial charge >= 0.3 is 6.03 Å². The van der Waals surface area contributed by atoms with Gasteiger partial charge in [0.15, 0.2) is 23.1 Å². The number of carbonyl (C=O) groups is 1. The van der Waals surface area contributed by atoms with Crippen molar-refractivity contribution in [2.45, 2.75) is 58.7 Å². The van der Waals surface area contributed by atoms with Crippen LogP contribution >= 0.6 is 0 Å². The molecule has 10 nitrogen and oxygen atoms in total. The molecule has 1 aromatic carbocycles. The van der Waals surface area contributed by atoms with Crippen LogP contribution in [0.5, 0.6) is 5.75 Å². The first-order chi connectivity index (χ1) is 17.8. The average Bonchev–Trinajstić information content (AvgIpc) is 3.46. The maximum atomic E-state index is 14.7. The summed E-state index contributed by atoms with van der Waals surface area (Å²) < 4.78 is 28.1. The summed E-state index contributed by atoms with van der Waals surface area (Å²) in [4.78, 5) is 24.6. The molecule has 0 spiro atoms. The third-order valence-electron chi connectivity index (χ3n) is 6.42. The van der Waals surface area contributed by atoms with Crippen molar-refractivity contribution in [3.8, 4) is 17.3 Å². The molecular formula is C26H38FN7O3. The van der Waals surface area contributed by atoms with Crippen LogP contribution in [-0.2, 0) is 4.74 Å². The van der Waals surface area contributed by atoms with Crippen molar-refractivity contribution >= 4 is 22.8 Å². The van der Waals surface area contributed by atoms with Crippen LogP contribution in [0.2, 0.25) is 0 Å². The fraction of sp³-hybridized carbons (Fsp3) is 0.577. The number of nitrogens with zero attached hydrogens (tertiary/aromatic N) is 5. The summed E-state index contributed by atoms with van der Waals surface area (Å²) in [5, 5.41) is 7.74. The number of hydrogen-bond donors (Lipinski definition) is 2. The molecule has 1 aliphatic rings. The summed E-state index contributed by atoms with van der Waals surface area (Å²) >= 11 is 0. The minimum Gasteiger partial charge on any atom is -0.490 e. The molecule has 1 saturated heterocycles. The quantitative estimate of drug-likeness (QED) is 0.374. The van der Waals surface area contributed by atoms with Crippen molar-refractivity contribution < 1.29 is 18.7 Å². The van der Waals surface area contributed by atoms with E-state index in [0.29, 0.717) is 48.0 Å². The molecule has 11 heteroatoms. The highest BCUT2D eigenvalue weighted by Gasteiger charge is 2.25. The Morgan fingerprint density at radius 1 is 1.35 bits per heavy atom. The number of fused-ring (bicyclic) bond motifs is 1. The highest BCUT2D eigenvalue weighted by molar-refractivity contribution is 5.93. The number of aromatic amines is 1. The Kier molecular flexibility index (Phi) is 8.65. The van der Waals surface area contributed by atoms with Gasteiger partial charge in [0.05, 0.1) is 29.5 Å². The van der Waals surface area contributed by atoms with Crippen molar-refractivity contribution in [2.75, 3.05) is 45.7 Å². The molecule has 3 heterocycles. The number of hydrogen-bond acceptors (Lipinski definition) is 6. The number of carbonyl (C=O) groups excluding carboxylic acids is 1. The van der Waals surface area contributed by atoms with Crippen LogP contribution in [0.25, 0.3) is 22.6 Å². The van der Waals surface area contributed by atoms with Gasteiger partial charge in [-0.05, 0) is 60.5 Å². The third kappa shape index (κ3) is 6.40. The van der Waals surface area contributed by atoms with Crippen LogP contribution in [0.15, 0.2) is 18.3 Å². The molecule has 4 rings (SSSR count). The summed E-state index contributed by atoms with van der Waals surface area (Å²) in [7, 11) is 3.97. The van der Waals surface area contributed by atoms with E-state index in [1.807, 2.05) is 34.9 Å². The Hall–Kier alpha value is -3.18. The Labute approximate surface area is 217 Å². The van der Waals surface area contributed by atoms with E-state index in [2.05, 4.69) is 20.2 Å². The number of nitrogens with one attached hydrogen (secondary N) is 2. The standard InChI is InChI=1S/C26H38FN7O3/c1-6-33(17(2)3)26(35)30-21-16-34(23-10-7-8-12-37-23)31-24(21)25-28-19-14-18(27)22(15-20(19)29-25)36-13-9-11-32(4)5/h14-17,23H,6-13H2,1-5H3,(H,28,29)(H,30,35). The van der Waals surface area contributed by atoms with Gasteiger partial charge in [0, 0.05) is 37.9 Å². The Morgan fingerprint density at radius 2 is 2.16 bits per heavy atom. The number of rotatable bonds is 10. The molecule has 0 saturated carbocycles. The molecule has 2 aromatic heterocycles. The molecule has 0 radical (unpaired) electrons. The minimum atomic E-state index is -0.472. The lowest BCUT2D eigenvalue weighted by Crippen LogP contribution is -2.39. The second-order valence-electron chi connectivity index (χ2n) is 9.89. The van der Waals surface area contributed by atoms with Crippen molar-refractivity contribution in [1.82, 2.24) is 29.5 Å². The minimum absolute atomic E-state index is 0.0375. The van der Waals surface area contributed by atoms with E-state index in [1.54, 1.807) is 21.8 Å². The number of amides is 2. The molecule has 0 bridgehead atoms. The van der Waals surface area contributed by atoms with Crippen molar-refractivity contribution in [2.24, 2.45) is 0 Å². The van der Waals surface area contributed by atoms with Crippen LogP contribution in [0.1, 0.15) is 52.7 Å². The topological polar surface area (TPSA) is 101 Å². The molecule has 3 aromatic rings. The molecule has 2 N–H and O–H groups in total. The molecule has 0 aliphatic carbocycles. The van der Waals surface area contributed by atoms with Gasteiger partial charge in [0.1, 0.15) is 6.23 Å². The van der Waals surface area contributed by atoms with Gasteiger partial charge < -0.3 is 29.6 Å². The largest absolute Gasteiger partial charge is 0.490 e. The smallest absolute Gasteiger partial charge is 0.322 e. The van der Waals surface area contributed by atoms with E-state index in [1.165, 1.54) is 6.07 Å². The van der Waals surface area contributed by atoms with Gasteiger partial charge in [-0.15, -0.1) is 0 Å². The fourth-order valence-corrected chi connectivity index (χ4v) is 4.47. The van der Waals surface area contributed by atoms with E-state index in [4.69, 9.17) is 14.6 Å². The fourth-order valence-electron chi connectivity index (χ4n) is 4.47. The van der Waals surface area contributed by atoms with E-state index in [0.717, 1.165) is 32.2 Å².